The summed E-state index contributed by atoms with van der Waals surface area (Å²) in [7, 11) is 0.257. The van der Waals surface area contributed by atoms with Crippen molar-refractivity contribution in [1.82, 2.24) is 9.78 Å². The molecule has 2 rings (SSSR count). The Morgan fingerprint density at radius 1 is 1.20 bits per heavy atom. The lowest BCUT2D eigenvalue weighted by Crippen LogP contribution is -2.30. The van der Waals surface area contributed by atoms with Gasteiger partial charge in [0.25, 0.3) is 0 Å². The molecule has 0 radical (unpaired) electrons. The topological polar surface area (TPSA) is 58.3 Å². The van der Waals surface area contributed by atoms with E-state index in [-0.39, 0.29) is 0 Å². The lowest BCUT2D eigenvalue weighted by molar-refractivity contribution is 0.426. The van der Waals surface area contributed by atoms with E-state index < -0.39 is 7.12 Å². The Balaban J connectivity index is 2.53. The Kier molecular flexibility index (Phi) is 2.57. The molecule has 0 aliphatic carbocycles. The van der Waals surface area contributed by atoms with Crippen LogP contribution in [0.4, 0.5) is 0 Å². The predicted octanol–water partition coefficient (Wildman–Crippen LogP) is -0.233. The summed E-state index contributed by atoms with van der Waals surface area (Å²) in [6.07, 6.45) is 1.60. The van der Waals surface area contributed by atoms with Gasteiger partial charge < -0.3 is 10.0 Å². The van der Waals surface area contributed by atoms with Crippen molar-refractivity contribution in [3.05, 3.63) is 36.5 Å². The molecule has 1 aromatic heterocycles. The van der Waals surface area contributed by atoms with Gasteiger partial charge >= 0.3 is 7.12 Å². The molecule has 0 unspecified atom stereocenters. The van der Waals surface area contributed by atoms with Crippen LogP contribution < -0.4 is 5.46 Å². The summed E-state index contributed by atoms with van der Waals surface area (Å²) in [4.78, 5) is 0. The Morgan fingerprint density at radius 3 is 2.47 bits per heavy atom. The summed E-state index contributed by atoms with van der Waals surface area (Å²) < 4.78 is 1.57. The minimum atomic E-state index is -1.49. The van der Waals surface area contributed by atoms with Crippen LogP contribution in [-0.4, -0.2) is 26.9 Å². The summed E-state index contributed by atoms with van der Waals surface area (Å²) in [6, 6.07) is 9.44. The van der Waals surface area contributed by atoms with E-state index in [1.165, 1.54) is 0 Å². The number of nitrogens with zero attached hydrogens (tertiary/aromatic N) is 2. The van der Waals surface area contributed by atoms with E-state index in [0.29, 0.717) is 11.2 Å². The van der Waals surface area contributed by atoms with Crippen molar-refractivity contribution in [2.24, 2.45) is 7.05 Å². The predicted molar refractivity (Wildman–Crippen MR) is 58.5 cm³/mol. The zero-order valence-corrected chi connectivity index (χ0v) is 8.33. The number of rotatable bonds is 2. The van der Waals surface area contributed by atoms with E-state index >= 15 is 0 Å². The SMILES string of the molecule is Cn1cc(B(O)O)c(-c2ccccc2)n1. The zero-order valence-electron chi connectivity index (χ0n) is 8.33. The number of hydrogen-bond acceptors (Lipinski definition) is 3. The fourth-order valence-corrected chi connectivity index (χ4v) is 1.52. The molecule has 15 heavy (non-hydrogen) atoms. The molecule has 0 aliphatic heterocycles. The van der Waals surface area contributed by atoms with Crippen LogP contribution in [0, 0.1) is 0 Å². The van der Waals surface area contributed by atoms with Crippen LogP contribution in [-0.2, 0) is 7.05 Å². The monoisotopic (exact) mass is 202 g/mol. The van der Waals surface area contributed by atoms with Crippen molar-refractivity contribution in [3.8, 4) is 11.3 Å². The van der Waals surface area contributed by atoms with Gasteiger partial charge in [0.15, 0.2) is 0 Å². The first-order chi connectivity index (χ1) is 7.18. The van der Waals surface area contributed by atoms with Crippen LogP contribution >= 0.6 is 0 Å². The standard InChI is InChI=1S/C10H11BN2O2/c1-13-7-9(11(14)15)10(12-13)8-5-3-2-4-6-8/h2-7,14-15H,1H3. The molecular formula is C10H11BN2O2. The fourth-order valence-electron chi connectivity index (χ4n) is 1.52. The van der Waals surface area contributed by atoms with Gasteiger partial charge in [-0.2, -0.15) is 5.10 Å². The van der Waals surface area contributed by atoms with Crippen molar-refractivity contribution >= 4 is 12.6 Å². The molecule has 0 amide bonds. The third-order valence-electron chi connectivity index (χ3n) is 2.18. The zero-order chi connectivity index (χ0) is 10.8. The van der Waals surface area contributed by atoms with Crippen molar-refractivity contribution in [1.29, 1.82) is 0 Å². The Hall–Kier alpha value is -1.59. The summed E-state index contributed by atoms with van der Waals surface area (Å²) in [5.41, 5.74) is 1.90. The average molecular weight is 202 g/mol. The van der Waals surface area contributed by atoms with Crippen molar-refractivity contribution < 1.29 is 10.0 Å². The normalized spacial score (nSPS) is 10.3. The van der Waals surface area contributed by atoms with Crippen molar-refractivity contribution in [2.75, 3.05) is 0 Å². The van der Waals surface area contributed by atoms with Gasteiger partial charge in [0.1, 0.15) is 0 Å². The maximum atomic E-state index is 9.18. The van der Waals surface area contributed by atoms with Gasteiger partial charge in [0.05, 0.1) is 5.69 Å². The number of aryl methyl sites for hydroxylation is 1. The summed E-state index contributed by atoms with van der Waals surface area (Å²) in [6.45, 7) is 0. The van der Waals surface area contributed by atoms with Crippen LogP contribution in [0.2, 0.25) is 0 Å². The van der Waals surface area contributed by atoms with Gasteiger partial charge in [-0.25, -0.2) is 0 Å². The highest BCUT2D eigenvalue weighted by molar-refractivity contribution is 6.60. The highest BCUT2D eigenvalue weighted by Gasteiger charge is 2.20. The quantitative estimate of drug-likeness (QED) is 0.661. The Morgan fingerprint density at radius 2 is 1.87 bits per heavy atom. The second-order valence-corrected chi connectivity index (χ2v) is 3.35. The first-order valence-electron chi connectivity index (χ1n) is 4.63. The molecule has 0 saturated heterocycles. The van der Waals surface area contributed by atoms with Gasteiger partial charge in [-0.3, -0.25) is 4.68 Å². The molecule has 0 atom stereocenters. The number of benzene rings is 1. The highest BCUT2D eigenvalue weighted by atomic mass is 16.4. The molecule has 76 valence electrons. The van der Waals surface area contributed by atoms with E-state index in [4.69, 9.17) is 0 Å². The molecule has 0 spiro atoms. The molecule has 0 saturated carbocycles. The molecule has 0 bridgehead atoms. The minimum absolute atomic E-state index is 0.420. The van der Waals surface area contributed by atoms with E-state index in [1.54, 1.807) is 17.9 Å². The van der Waals surface area contributed by atoms with Crippen molar-refractivity contribution in [2.45, 2.75) is 0 Å². The van der Waals surface area contributed by atoms with Gasteiger partial charge in [-0.1, -0.05) is 30.3 Å². The lowest BCUT2D eigenvalue weighted by atomic mass is 9.79. The van der Waals surface area contributed by atoms with E-state index in [9.17, 15) is 10.0 Å². The maximum Gasteiger partial charge on any atom is 0.492 e. The molecule has 4 nitrogen and oxygen atoms in total. The van der Waals surface area contributed by atoms with E-state index in [2.05, 4.69) is 5.10 Å². The molecule has 0 fully saturated rings. The van der Waals surface area contributed by atoms with Gasteiger partial charge in [0, 0.05) is 24.3 Å². The third-order valence-corrected chi connectivity index (χ3v) is 2.18. The van der Waals surface area contributed by atoms with Gasteiger partial charge in [-0.05, 0) is 0 Å². The Bertz CT molecular complexity index is 454. The first-order valence-corrected chi connectivity index (χ1v) is 4.63. The first kappa shape index (κ1) is 9.95. The van der Waals surface area contributed by atoms with Crippen LogP contribution in [0.25, 0.3) is 11.3 Å². The van der Waals surface area contributed by atoms with Crippen molar-refractivity contribution in [3.63, 3.8) is 0 Å². The largest absolute Gasteiger partial charge is 0.492 e. The molecular weight excluding hydrogens is 191 g/mol. The lowest BCUT2D eigenvalue weighted by Gasteiger charge is -2.00. The number of hydrogen-bond donors (Lipinski definition) is 2. The fraction of sp³-hybridized carbons (Fsp3) is 0.100. The highest BCUT2D eigenvalue weighted by Crippen LogP contribution is 2.14. The van der Waals surface area contributed by atoms with Crippen LogP contribution in [0.1, 0.15) is 0 Å². The van der Waals surface area contributed by atoms with Crippen LogP contribution in [0.15, 0.2) is 36.5 Å². The maximum absolute atomic E-state index is 9.18. The molecule has 0 aliphatic rings. The molecule has 5 heteroatoms. The van der Waals surface area contributed by atoms with Crippen LogP contribution in [0.5, 0.6) is 0 Å². The molecule has 1 heterocycles. The second kappa shape index (κ2) is 3.88. The summed E-state index contributed by atoms with van der Waals surface area (Å²) in [5.74, 6) is 0. The van der Waals surface area contributed by atoms with Crippen LogP contribution in [0.3, 0.4) is 0 Å². The summed E-state index contributed by atoms with van der Waals surface area (Å²) in [5, 5.41) is 22.6. The third kappa shape index (κ3) is 1.93. The smallest absolute Gasteiger partial charge is 0.423 e. The molecule has 2 aromatic rings. The second-order valence-electron chi connectivity index (χ2n) is 3.35. The molecule has 2 N–H and O–H groups in total. The summed E-state index contributed by atoms with van der Waals surface area (Å²) >= 11 is 0. The minimum Gasteiger partial charge on any atom is -0.423 e. The van der Waals surface area contributed by atoms with Gasteiger partial charge in [-0.15, -0.1) is 0 Å². The Labute approximate surface area is 87.9 Å². The van der Waals surface area contributed by atoms with Gasteiger partial charge in [0.2, 0.25) is 0 Å². The average Bonchev–Trinajstić information content (AvgIpc) is 2.62. The van der Waals surface area contributed by atoms with E-state index in [0.717, 1.165) is 5.56 Å². The molecule has 1 aromatic carbocycles. The number of aromatic nitrogens is 2. The van der Waals surface area contributed by atoms with E-state index in [1.807, 2.05) is 30.3 Å².